The number of para-hydroxylation sites is 2. The SMILES string of the molecule is CCCCCC(C)(C)C1CC(Sc2nnnn2-c2ccccc2)C(=O)CC1Sc1nnnn1-c1ccccc1. The normalized spacial score (nSPS) is 19.9. The van der Waals surface area contributed by atoms with Crippen LogP contribution in [0.15, 0.2) is 71.0 Å². The molecular weight excluding hydrogens is 528 g/mol. The summed E-state index contributed by atoms with van der Waals surface area (Å²) in [5.74, 6) is 0.510. The van der Waals surface area contributed by atoms with Crippen molar-refractivity contribution in [2.75, 3.05) is 0 Å². The Bertz CT molecular complexity index is 1360. The molecule has 2 aromatic carbocycles. The van der Waals surface area contributed by atoms with Crippen LogP contribution >= 0.6 is 23.5 Å². The molecule has 2 heterocycles. The van der Waals surface area contributed by atoms with Gasteiger partial charge in [0.1, 0.15) is 5.78 Å². The summed E-state index contributed by atoms with van der Waals surface area (Å²) in [4.78, 5) is 13.6. The highest BCUT2D eigenvalue weighted by atomic mass is 32.2. The smallest absolute Gasteiger partial charge is 0.214 e. The lowest BCUT2D eigenvalue weighted by atomic mass is 9.68. The molecule has 3 atom stereocenters. The van der Waals surface area contributed by atoms with Gasteiger partial charge in [-0.05, 0) is 69.3 Å². The average molecular weight is 563 g/mol. The van der Waals surface area contributed by atoms with Gasteiger partial charge in [0, 0.05) is 11.7 Å². The van der Waals surface area contributed by atoms with Gasteiger partial charge < -0.3 is 0 Å². The quantitative estimate of drug-likeness (QED) is 0.208. The topological polar surface area (TPSA) is 104 Å². The molecular formula is C28H34N8OS2. The van der Waals surface area contributed by atoms with Crippen molar-refractivity contribution in [2.45, 2.75) is 80.1 Å². The fourth-order valence-corrected chi connectivity index (χ4v) is 7.89. The highest BCUT2D eigenvalue weighted by molar-refractivity contribution is 8.00. The molecule has 0 aliphatic heterocycles. The molecule has 39 heavy (non-hydrogen) atoms. The maximum absolute atomic E-state index is 13.6. The third-order valence-corrected chi connectivity index (χ3v) is 9.96. The van der Waals surface area contributed by atoms with E-state index in [0.29, 0.717) is 16.7 Å². The molecule has 1 aliphatic rings. The Balaban J connectivity index is 1.40. The Labute approximate surface area is 237 Å². The van der Waals surface area contributed by atoms with Gasteiger partial charge in [0.05, 0.1) is 16.6 Å². The molecule has 2 aromatic heterocycles. The summed E-state index contributed by atoms with van der Waals surface area (Å²) in [5.41, 5.74) is 1.83. The van der Waals surface area contributed by atoms with Gasteiger partial charge in [-0.1, -0.05) is 100.0 Å². The van der Waals surface area contributed by atoms with E-state index in [1.165, 1.54) is 31.0 Å². The number of aromatic nitrogens is 8. The van der Waals surface area contributed by atoms with Crippen molar-refractivity contribution < 1.29 is 4.79 Å². The first-order valence-electron chi connectivity index (χ1n) is 13.5. The minimum absolute atomic E-state index is 0.0444. The number of hydrogen-bond acceptors (Lipinski definition) is 9. The number of nitrogens with zero attached hydrogens (tertiary/aromatic N) is 8. The zero-order valence-electron chi connectivity index (χ0n) is 22.6. The van der Waals surface area contributed by atoms with Gasteiger partial charge in [0.15, 0.2) is 0 Å². The lowest BCUT2D eigenvalue weighted by Crippen LogP contribution is -2.43. The fraction of sp³-hybridized carbons (Fsp3) is 0.464. The number of Topliss-reactive ketones (excluding diaryl/α,β-unsaturated/α-hetero) is 1. The van der Waals surface area contributed by atoms with Crippen molar-refractivity contribution in [3.8, 4) is 11.4 Å². The van der Waals surface area contributed by atoms with Crippen molar-refractivity contribution in [3.05, 3.63) is 60.7 Å². The van der Waals surface area contributed by atoms with E-state index in [4.69, 9.17) is 0 Å². The number of hydrogen-bond donors (Lipinski definition) is 0. The van der Waals surface area contributed by atoms with Crippen molar-refractivity contribution in [2.24, 2.45) is 11.3 Å². The molecule has 9 nitrogen and oxygen atoms in total. The van der Waals surface area contributed by atoms with Crippen LogP contribution in [0.3, 0.4) is 0 Å². The number of carbonyl (C=O) groups excluding carboxylic acids is 1. The molecule has 0 spiro atoms. The summed E-state index contributed by atoms with van der Waals surface area (Å²) in [5, 5.41) is 26.1. The Morgan fingerprint density at radius 1 is 0.846 bits per heavy atom. The molecule has 5 rings (SSSR count). The minimum Gasteiger partial charge on any atom is -0.298 e. The third-order valence-electron chi connectivity index (χ3n) is 7.49. The number of benzene rings is 2. The number of thioether (sulfide) groups is 2. The molecule has 1 aliphatic carbocycles. The van der Waals surface area contributed by atoms with E-state index in [1.807, 2.05) is 60.7 Å². The maximum atomic E-state index is 13.6. The van der Waals surface area contributed by atoms with E-state index in [1.54, 1.807) is 21.1 Å². The average Bonchev–Trinajstić information content (AvgIpc) is 3.61. The van der Waals surface area contributed by atoms with Crippen LogP contribution in [-0.4, -0.2) is 56.7 Å². The molecule has 0 saturated heterocycles. The summed E-state index contributed by atoms with van der Waals surface area (Å²) in [6.45, 7) is 6.94. The number of unbranched alkanes of at least 4 members (excludes halogenated alkanes) is 2. The van der Waals surface area contributed by atoms with Crippen LogP contribution in [0.2, 0.25) is 0 Å². The predicted octanol–water partition coefficient (Wildman–Crippen LogP) is 5.85. The fourth-order valence-electron chi connectivity index (χ4n) is 5.29. The zero-order chi connectivity index (χ0) is 27.2. The van der Waals surface area contributed by atoms with E-state index < -0.39 is 0 Å². The van der Waals surface area contributed by atoms with E-state index in [-0.39, 0.29) is 27.6 Å². The van der Waals surface area contributed by atoms with Crippen LogP contribution in [-0.2, 0) is 4.79 Å². The Morgan fingerprint density at radius 2 is 1.41 bits per heavy atom. The molecule has 0 bridgehead atoms. The zero-order valence-corrected chi connectivity index (χ0v) is 24.2. The number of ketones is 1. The van der Waals surface area contributed by atoms with Crippen LogP contribution in [0.25, 0.3) is 11.4 Å². The second kappa shape index (κ2) is 12.4. The number of tetrazole rings is 2. The summed E-state index contributed by atoms with van der Waals surface area (Å²) >= 11 is 3.11. The molecule has 0 amide bonds. The maximum Gasteiger partial charge on any atom is 0.214 e. The Morgan fingerprint density at radius 3 is 1.97 bits per heavy atom. The summed E-state index contributed by atoms with van der Waals surface area (Å²) in [6.07, 6.45) is 5.90. The molecule has 0 N–H and O–H groups in total. The lowest BCUT2D eigenvalue weighted by Gasteiger charge is -2.43. The van der Waals surface area contributed by atoms with Gasteiger partial charge >= 0.3 is 0 Å². The van der Waals surface area contributed by atoms with Crippen LogP contribution in [0, 0.1) is 11.3 Å². The highest BCUT2D eigenvalue weighted by Gasteiger charge is 2.45. The first kappa shape index (κ1) is 27.5. The van der Waals surface area contributed by atoms with Gasteiger partial charge in [0.2, 0.25) is 10.3 Å². The van der Waals surface area contributed by atoms with Crippen molar-refractivity contribution in [1.82, 2.24) is 40.4 Å². The van der Waals surface area contributed by atoms with Crippen LogP contribution < -0.4 is 0 Å². The molecule has 0 radical (unpaired) electrons. The predicted molar refractivity (Wildman–Crippen MR) is 153 cm³/mol. The van der Waals surface area contributed by atoms with Crippen LogP contribution in [0.1, 0.15) is 59.3 Å². The molecule has 204 valence electrons. The number of carbonyl (C=O) groups is 1. The van der Waals surface area contributed by atoms with Crippen LogP contribution in [0.4, 0.5) is 0 Å². The van der Waals surface area contributed by atoms with Crippen molar-refractivity contribution in [1.29, 1.82) is 0 Å². The van der Waals surface area contributed by atoms with Crippen LogP contribution in [0.5, 0.6) is 0 Å². The van der Waals surface area contributed by atoms with Gasteiger partial charge in [-0.2, -0.15) is 9.36 Å². The van der Waals surface area contributed by atoms with Gasteiger partial charge in [0.25, 0.3) is 0 Å². The lowest BCUT2D eigenvalue weighted by molar-refractivity contribution is -0.120. The van der Waals surface area contributed by atoms with Crippen molar-refractivity contribution in [3.63, 3.8) is 0 Å². The molecule has 4 aromatic rings. The van der Waals surface area contributed by atoms with Gasteiger partial charge in [-0.15, -0.1) is 10.2 Å². The van der Waals surface area contributed by atoms with E-state index >= 15 is 0 Å². The van der Waals surface area contributed by atoms with Gasteiger partial charge in [-0.3, -0.25) is 4.79 Å². The highest BCUT2D eigenvalue weighted by Crippen LogP contribution is 2.49. The first-order valence-corrected chi connectivity index (χ1v) is 15.3. The number of rotatable bonds is 11. The van der Waals surface area contributed by atoms with Gasteiger partial charge in [-0.25, -0.2) is 0 Å². The third kappa shape index (κ3) is 6.41. The summed E-state index contributed by atoms with van der Waals surface area (Å²) in [6, 6.07) is 19.7. The van der Waals surface area contributed by atoms with E-state index in [9.17, 15) is 4.79 Å². The second-order valence-corrected chi connectivity index (χ2v) is 13.0. The molecule has 1 saturated carbocycles. The molecule has 3 unspecified atom stereocenters. The summed E-state index contributed by atoms with van der Waals surface area (Å²) < 4.78 is 3.49. The van der Waals surface area contributed by atoms with E-state index in [2.05, 4.69) is 51.8 Å². The Kier molecular flexibility index (Phi) is 8.76. The Hall–Kier alpha value is -3.05. The van der Waals surface area contributed by atoms with Crippen molar-refractivity contribution >= 4 is 29.3 Å². The molecule has 11 heteroatoms. The largest absolute Gasteiger partial charge is 0.298 e. The monoisotopic (exact) mass is 562 g/mol. The van der Waals surface area contributed by atoms with E-state index in [0.717, 1.165) is 24.2 Å². The second-order valence-electron chi connectivity index (χ2n) is 10.6. The first-order chi connectivity index (χ1) is 19.0. The molecule has 1 fully saturated rings. The summed E-state index contributed by atoms with van der Waals surface area (Å²) in [7, 11) is 0. The standard InChI is InChI=1S/C28H34N8OS2/c1-4-5-12-17-28(2,3)22-18-25(39-27-30-32-34-36(27)21-15-10-7-11-16-21)23(37)19-24(22)38-26-29-31-33-35(26)20-13-8-6-9-14-20/h6-11,13-16,22,24-25H,4-5,12,17-19H2,1-3H3. The minimum atomic E-state index is -0.212.